The summed E-state index contributed by atoms with van der Waals surface area (Å²) in [5, 5.41) is 8.99. The van der Waals surface area contributed by atoms with Gasteiger partial charge in [0.05, 0.1) is 11.7 Å². The molecule has 1 aromatic heterocycles. The molecule has 0 unspecified atom stereocenters. The number of nitrogens with zero attached hydrogens (tertiary/aromatic N) is 2. The highest BCUT2D eigenvalue weighted by atomic mass is 16.5. The number of hydrogen-bond acceptors (Lipinski definition) is 4. The Hall–Kier alpha value is -2.46. The van der Waals surface area contributed by atoms with Gasteiger partial charge in [-0.15, -0.1) is 0 Å². The highest BCUT2D eigenvalue weighted by Gasteiger charge is 2.04. The standard InChI is InChI=1S/C16H15N3O/c17-10-9-12-5-7-13(8-6-12)20-16-11-18-19-15-4-2-1-3-14(15)16/h1-8,11H,9-10,17H2. The molecular weight excluding hydrogens is 250 g/mol. The Balaban J connectivity index is 1.89. The molecule has 0 aliphatic heterocycles. The summed E-state index contributed by atoms with van der Waals surface area (Å²) in [6.07, 6.45) is 2.51. The first-order valence-corrected chi connectivity index (χ1v) is 6.54. The molecule has 0 spiro atoms. The maximum absolute atomic E-state index is 5.89. The number of hydrogen-bond donors (Lipinski definition) is 1. The van der Waals surface area contributed by atoms with Gasteiger partial charge in [-0.05, 0) is 42.8 Å². The monoisotopic (exact) mass is 265 g/mol. The van der Waals surface area contributed by atoms with Crippen LogP contribution >= 0.6 is 0 Å². The summed E-state index contributed by atoms with van der Waals surface area (Å²) in [6.45, 7) is 0.652. The molecule has 3 aromatic rings. The molecule has 0 bridgehead atoms. The van der Waals surface area contributed by atoms with Crippen molar-refractivity contribution in [1.82, 2.24) is 10.2 Å². The Morgan fingerprint density at radius 1 is 1.00 bits per heavy atom. The molecule has 3 rings (SSSR count). The summed E-state index contributed by atoms with van der Waals surface area (Å²) >= 11 is 0. The second kappa shape index (κ2) is 5.67. The molecule has 0 atom stereocenters. The summed E-state index contributed by atoms with van der Waals surface area (Å²) < 4.78 is 5.89. The van der Waals surface area contributed by atoms with Crippen LogP contribution in [0.25, 0.3) is 10.9 Å². The zero-order chi connectivity index (χ0) is 13.8. The second-order valence-electron chi connectivity index (χ2n) is 4.51. The van der Waals surface area contributed by atoms with Crippen LogP contribution in [-0.4, -0.2) is 16.7 Å². The smallest absolute Gasteiger partial charge is 0.156 e. The zero-order valence-electron chi connectivity index (χ0n) is 11.0. The van der Waals surface area contributed by atoms with Crippen LogP contribution in [0.1, 0.15) is 5.56 Å². The fourth-order valence-electron chi connectivity index (χ4n) is 2.08. The van der Waals surface area contributed by atoms with Crippen LogP contribution in [0.3, 0.4) is 0 Å². The Morgan fingerprint density at radius 2 is 1.80 bits per heavy atom. The van der Waals surface area contributed by atoms with Crippen LogP contribution in [0.15, 0.2) is 54.7 Å². The molecule has 4 nitrogen and oxygen atoms in total. The van der Waals surface area contributed by atoms with Gasteiger partial charge in [-0.25, -0.2) is 0 Å². The van der Waals surface area contributed by atoms with Crippen LogP contribution in [0, 0.1) is 0 Å². The minimum Gasteiger partial charge on any atom is -0.455 e. The molecule has 2 N–H and O–H groups in total. The molecule has 100 valence electrons. The van der Waals surface area contributed by atoms with Crippen molar-refractivity contribution in [2.75, 3.05) is 6.54 Å². The molecule has 0 aliphatic rings. The topological polar surface area (TPSA) is 61.0 Å². The van der Waals surface area contributed by atoms with E-state index in [2.05, 4.69) is 10.2 Å². The Kier molecular flexibility index (Phi) is 3.56. The number of nitrogens with two attached hydrogens (primary N) is 1. The Bertz CT molecular complexity index is 705. The number of ether oxygens (including phenoxy) is 1. The van der Waals surface area contributed by atoms with Crippen molar-refractivity contribution in [3.8, 4) is 11.5 Å². The average molecular weight is 265 g/mol. The van der Waals surface area contributed by atoms with Crippen molar-refractivity contribution in [2.24, 2.45) is 5.73 Å². The third-order valence-electron chi connectivity index (χ3n) is 3.09. The first-order chi connectivity index (χ1) is 9.86. The summed E-state index contributed by atoms with van der Waals surface area (Å²) in [6, 6.07) is 15.7. The molecule has 20 heavy (non-hydrogen) atoms. The molecule has 0 aliphatic carbocycles. The maximum Gasteiger partial charge on any atom is 0.156 e. The highest BCUT2D eigenvalue weighted by molar-refractivity contribution is 5.84. The van der Waals surface area contributed by atoms with Crippen LogP contribution in [0.5, 0.6) is 11.5 Å². The van der Waals surface area contributed by atoms with Crippen molar-refractivity contribution in [2.45, 2.75) is 6.42 Å². The molecule has 2 aromatic carbocycles. The van der Waals surface area contributed by atoms with Gasteiger partial charge >= 0.3 is 0 Å². The van der Waals surface area contributed by atoms with Crippen LogP contribution in [0.2, 0.25) is 0 Å². The Morgan fingerprint density at radius 3 is 2.60 bits per heavy atom. The van der Waals surface area contributed by atoms with E-state index in [-0.39, 0.29) is 0 Å². The van der Waals surface area contributed by atoms with E-state index in [9.17, 15) is 0 Å². The number of benzene rings is 2. The predicted octanol–water partition coefficient (Wildman–Crippen LogP) is 2.92. The SMILES string of the molecule is NCCc1ccc(Oc2cnnc3ccccc23)cc1. The van der Waals surface area contributed by atoms with Crippen LogP contribution in [0.4, 0.5) is 0 Å². The van der Waals surface area contributed by atoms with Crippen molar-refractivity contribution >= 4 is 10.9 Å². The van der Waals surface area contributed by atoms with Gasteiger partial charge in [0.2, 0.25) is 0 Å². The quantitative estimate of drug-likeness (QED) is 0.788. The average Bonchev–Trinajstić information content (AvgIpc) is 2.50. The van der Waals surface area contributed by atoms with Gasteiger partial charge in [0, 0.05) is 5.39 Å². The predicted molar refractivity (Wildman–Crippen MR) is 78.8 cm³/mol. The normalized spacial score (nSPS) is 10.7. The van der Waals surface area contributed by atoms with Gasteiger partial charge in [-0.2, -0.15) is 10.2 Å². The maximum atomic E-state index is 5.89. The molecule has 0 radical (unpaired) electrons. The van der Waals surface area contributed by atoms with Gasteiger partial charge in [-0.3, -0.25) is 0 Å². The molecule has 1 heterocycles. The summed E-state index contributed by atoms with van der Waals surface area (Å²) in [4.78, 5) is 0. The minimum atomic E-state index is 0.652. The fourth-order valence-corrected chi connectivity index (χ4v) is 2.08. The molecule has 0 saturated carbocycles. The largest absolute Gasteiger partial charge is 0.455 e. The molecule has 0 fully saturated rings. The van der Waals surface area contributed by atoms with Gasteiger partial charge < -0.3 is 10.5 Å². The zero-order valence-corrected chi connectivity index (χ0v) is 11.0. The number of rotatable bonds is 4. The lowest BCUT2D eigenvalue weighted by molar-refractivity contribution is 0.484. The van der Waals surface area contributed by atoms with Crippen LogP contribution in [-0.2, 0) is 6.42 Å². The third kappa shape index (κ3) is 2.60. The Labute approximate surface area is 117 Å². The third-order valence-corrected chi connectivity index (χ3v) is 3.09. The first kappa shape index (κ1) is 12.6. The number of fused-ring (bicyclic) bond motifs is 1. The van der Waals surface area contributed by atoms with Gasteiger partial charge in [0.1, 0.15) is 5.75 Å². The lowest BCUT2D eigenvalue weighted by Crippen LogP contribution is -2.02. The van der Waals surface area contributed by atoms with E-state index >= 15 is 0 Å². The van der Waals surface area contributed by atoms with Crippen LogP contribution < -0.4 is 10.5 Å². The van der Waals surface area contributed by atoms with E-state index in [1.54, 1.807) is 6.20 Å². The van der Waals surface area contributed by atoms with Crippen molar-refractivity contribution in [3.63, 3.8) is 0 Å². The summed E-state index contributed by atoms with van der Waals surface area (Å²) in [7, 11) is 0. The first-order valence-electron chi connectivity index (χ1n) is 6.54. The lowest BCUT2D eigenvalue weighted by atomic mass is 10.1. The summed E-state index contributed by atoms with van der Waals surface area (Å²) in [5.41, 5.74) is 7.57. The molecule has 4 heteroatoms. The van der Waals surface area contributed by atoms with Crippen molar-refractivity contribution < 1.29 is 4.74 Å². The van der Waals surface area contributed by atoms with E-state index in [0.29, 0.717) is 12.3 Å². The molecule has 0 amide bonds. The minimum absolute atomic E-state index is 0.652. The molecule has 0 saturated heterocycles. The van der Waals surface area contributed by atoms with E-state index in [0.717, 1.165) is 23.1 Å². The van der Waals surface area contributed by atoms with Gasteiger partial charge in [-0.1, -0.05) is 24.3 Å². The lowest BCUT2D eigenvalue weighted by Gasteiger charge is -2.08. The van der Waals surface area contributed by atoms with E-state index in [1.165, 1.54) is 5.56 Å². The second-order valence-corrected chi connectivity index (χ2v) is 4.51. The fraction of sp³-hybridized carbons (Fsp3) is 0.125. The van der Waals surface area contributed by atoms with E-state index in [4.69, 9.17) is 10.5 Å². The van der Waals surface area contributed by atoms with Gasteiger partial charge in [0.15, 0.2) is 5.75 Å². The van der Waals surface area contributed by atoms with E-state index in [1.807, 2.05) is 48.5 Å². The van der Waals surface area contributed by atoms with Crippen molar-refractivity contribution in [3.05, 3.63) is 60.3 Å². The van der Waals surface area contributed by atoms with Crippen molar-refractivity contribution in [1.29, 1.82) is 0 Å². The summed E-state index contributed by atoms with van der Waals surface area (Å²) in [5.74, 6) is 1.49. The molecular formula is C16H15N3O. The van der Waals surface area contributed by atoms with E-state index < -0.39 is 0 Å². The number of aromatic nitrogens is 2. The van der Waals surface area contributed by atoms with Gasteiger partial charge in [0.25, 0.3) is 0 Å². The highest BCUT2D eigenvalue weighted by Crippen LogP contribution is 2.27.